The van der Waals surface area contributed by atoms with Crippen LogP contribution in [0.15, 0.2) is 53.2 Å². The van der Waals surface area contributed by atoms with Crippen LogP contribution in [-0.4, -0.2) is 34.4 Å². The summed E-state index contributed by atoms with van der Waals surface area (Å²) in [6, 6.07) is 11.5. The molecule has 1 fully saturated rings. The van der Waals surface area contributed by atoms with Crippen LogP contribution in [0, 0.1) is 6.92 Å². The first-order valence-electron chi connectivity index (χ1n) is 9.96. The predicted molar refractivity (Wildman–Crippen MR) is 109 cm³/mol. The molecule has 1 saturated heterocycles. The largest absolute Gasteiger partial charge is 0.496 e. The Morgan fingerprint density at radius 2 is 2.07 bits per heavy atom. The van der Waals surface area contributed by atoms with Crippen molar-refractivity contribution in [3.05, 3.63) is 77.3 Å². The minimum atomic E-state index is -0.163. The van der Waals surface area contributed by atoms with Crippen LogP contribution in [-0.2, 0) is 6.42 Å². The first kappa shape index (κ1) is 19.2. The highest BCUT2D eigenvalue weighted by atomic mass is 16.5. The van der Waals surface area contributed by atoms with E-state index in [0.717, 1.165) is 41.9 Å². The molecule has 3 heterocycles. The van der Waals surface area contributed by atoms with Crippen molar-refractivity contribution in [3.8, 4) is 5.75 Å². The molecule has 6 nitrogen and oxygen atoms in total. The first-order valence-corrected chi connectivity index (χ1v) is 9.96. The molecule has 29 heavy (non-hydrogen) atoms. The maximum atomic E-state index is 13.2. The average molecular weight is 391 g/mol. The smallest absolute Gasteiger partial charge is 0.273 e. The van der Waals surface area contributed by atoms with Crippen LogP contribution >= 0.6 is 0 Å². The predicted octanol–water partition coefficient (Wildman–Crippen LogP) is 4.34. The number of carbonyl (C=O) groups excluding carboxylic acids is 1. The summed E-state index contributed by atoms with van der Waals surface area (Å²) in [6.07, 6.45) is 6.87. The molecule has 1 aliphatic heterocycles. The number of benzene rings is 1. The number of rotatable bonds is 5. The number of carbonyl (C=O) groups is 1. The van der Waals surface area contributed by atoms with Gasteiger partial charge in [0.15, 0.2) is 0 Å². The van der Waals surface area contributed by atoms with Crippen molar-refractivity contribution in [1.82, 2.24) is 14.9 Å². The van der Waals surface area contributed by atoms with Gasteiger partial charge in [0.05, 0.1) is 13.3 Å². The summed E-state index contributed by atoms with van der Waals surface area (Å²) >= 11 is 0. The molecule has 3 aromatic rings. The molecule has 4 rings (SSSR count). The van der Waals surface area contributed by atoms with Gasteiger partial charge in [-0.3, -0.25) is 9.78 Å². The van der Waals surface area contributed by atoms with Crippen LogP contribution < -0.4 is 4.74 Å². The van der Waals surface area contributed by atoms with Crippen LogP contribution in [0.4, 0.5) is 0 Å². The quantitative estimate of drug-likeness (QED) is 0.647. The Balaban J connectivity index is 1.57. The summed E-state index contributed by atoms with van der Waals surface area (Å²) in [4.78, 5) is 23.8. The summed E-state index contributed by atoms with van der Waals surface area (Å²) in [6.45, 7) is 2.60. The topological polar surface area (TPSA) is 68.5 Å². The highest BCUT2D eigenvalue weighted by Crippen LogP contribution is 2.32. The van der Waals surface area contributed by atoms with E-state index >= 15 is 0 Å². The van der Waals surface area contributed by atoms with Gasteiger partial charge in [-0.2, -0.15) is 0 Å². The molecule has 0 aliphatic carbocycles. The zero-order valence-electron chi connectivity index (χ0n) is 16.8. The van der Waals surface area contributed by atoms with Gasteiger partial charge in [0.25, 0.3) is 5.91 Å². The van der Waals surface area contributed by atoms with E-state index in [1.807, 2.05) is 48.2 Å². The number of pyridine rings is 1. The number of oxazole rings is 1. The van der Waals surface area contributed by atoms with Crippen LogP contribution in [0.3, 0.4) is 0 Å². The number of aromatic nitrogens is 2. The molecule has 2 aromatic heterocycles. The molecule has 1 atom stereocenters. The minimum absolute atomic E-state index is 0.0581. The molecule has 6 heteroatoms. The zero-order chi connectivity index (χ0) is 20.2. The number of aryl methyl sites for hydroxylation is 1. The Morgan fingerprint density at radius 3 is 2.90 bits per heavy atom. The second-order valence-corrected chi connectivity index (χ2v) is 7.33. The summed E-state index contributed by atoms with van der Waals surface area (Å²) in [5, 5.41) is 0. The third-order valence-electron chi connectivity index (χ3n) is 5.39. The van der Waals surface area contributed by atoms with Crippen molar-refractivity contribution in [2.45, 2.75) is 38.6 Å². The fourth-order valence-electron chi connectivity index (χ4n) is 3.87. The van der Waals surface area contributed by atoms with Crippen molar-refractivity contribution >= 4 is 5.91 Å². The number of hydrogen-bond acceptors (Lipinski definition) is 5. The molecule has 1 aliphatic rings. The van der Waals surface area contributed by atoms with E-state index < -0.39 is 0 Å². The summed E-state index contributed by atoms with van der Waals surface area (Å²) in [5.41, 5.74) is 2.42. The fourth-order valence-corrected chi connectivity index (χ4v) is 3.87. The Hall–Kier alpha value is -3.15. The van der Waals surface area contributed by atoms with Gasteiger partial charge in [0.2, 0.25) is 5.89 Å². The Labute approximate surface area is 170 Å². The highest BCUT2D eigenvalue weighted by molar-refractivity contribution is 5.93. The lowest BCUT2D eigenvalue weighted by Gasteiger charge is -2.33. The van der Waals surface area contributed by atoms with Crippen molar-refractivity contribution in [2.24, 2.45) is 0 Å². The molecule has 0 radical (unpaired) electrons. The SMILES string of the molecule is COc1ccccc1Cc1cnc(C2CCCCN2C(=O)c2ncccc2C)o1. The van der Waals surface area contributed by atoms with E-state index in [9.17, 15) is 4.79 Å². The zero-order valence-corrected chi connectivity index (χ0v) is 16.8. The van der Waals surface area contributed by atoms with E-state index in [0.29, 0.717) is 24.6 Å². The second kappa shape index (κ2) is 8.47. The van der Waals surface area contributed by atoms with Gasteiger partial charge in [-0.25, -0.2) is 4.98 Å². The van der Waals surface area contributed by atoms with Gasteiger partial charge in [-0.15, -0.1) is 0 Å². The number of nitrogens with zero attached hydrogens (tertiary/aromatic N) is 3. The summed E-state index contributed by atoms with van der Waals surface area (Å²) in [7, 11) is 1.66. The lowest BCUT2D eigenvalue weighted by molar-refractivity contribution is 0.0563. The third-order valence-corrected chi connectivity index (χ3v) is 5.39. The van der Waals surface area contributed by atoms with Crippen LogP contribution in [0.25, 0.3) is 0 Å². The van der Waals surface area contributed by atoms with Gasteiger partial charge in [0, 0.05) is 24.7 Å². The minimum Gasteiger partial charge on any atom is -0.496 e. The molecule has 1 unspecified atom stereocenters. The standard InChI is InChI=1S/C23H25N3O3/c1-16-8-7-12-24-21(16)23(27)26-13-6-5-10-19(26)22-25-15-18(29-22)14-17-9-3-4-11-20(17)28-2/h3-4,7-9,11-12,15,19H,5-6,10,13-14H2,1-2H3. The molecular formula is C23H25N3O3. The monoisotopic (exact) mass is 391 g/mol. The van der Waals surface area contributed by atoms with E-state index in [4.69, 9.17) is 9.15 Å². The van der Waals surface area contributed by atoms with E-state index in [1.165, 1.54) is 0 Å². The number of amides is 1. The van der Waals surface area contributed by atoms with Crippen molar-refractivity contribution in [1.29, 1.82) is 0 Å². The molecule has 0 saturated carbocycles. The van der Waals surface area contributed by atoms with Crippen molar-refractivity contribution in [2.75, 3.05) is 13.7 Å². The maximum absolute atomic E-state index is 13.2. The van der Waals surface area contributed by atoms with Crippen LogP contribution in [0.1, 0.15) is 58.6 Å². The Bertz CT molecular complexity index is 998. The normalized spacial score (nSPS) is 16.6. The van der Waals surface area contributed by atoms with E-state index in [2.05, 4.69) is 9.97 Å². The number of methoxy groups -OCH3 is 1. The van der Waals surface area contributed by atoms with Gasteiger partial charge >= 0.3 is 0 Å². The van der Waals surface area contributed by atoms with Gasteiger partial charge in [-0.05, 0) is 43.9 Å². The first-order chi connectivity index (χ1) is 14.2. The number of hydrogen-bond donors (Lipinski definition) is 0. The van der Waals surface area contributed by atoms with E-state index in [1.54, 1.807) is 19.5 Å². The Morgan fingerprint density at radius 1 is 1.21 bits per heavy atom. The molecular weight excluding hydrogens is 366 g/mol. The highest BCUT2D eigenvalue weighted by Gasteiger charge is 2.33. The van der Waals surface area contributed by atoms with E-state index in [-0.39, 0.29) is 11.9 Å². The lowest BCUT2D eigenvalue weighted by atomic mass is 10.0. The molecule has 0 N–H and O–H groups in total. The third kappa shape index (κ3) is 4.01. The van der Waals surface area contributed by atoms with Crippen LogP contribution in [0.2, 0.25) is 0 Å². The molecule has 150 valence electrons. The summed E-state index contributed by atoms with van der Waals surface area (Å²) < 4.78 is 11.5. The number of ether oxygens (including phenoxy) is 1. The van der Waals surface area contributed by atoms with Crippen molar-refractivity contribution in [3.63, 3.8) is 0 Å². The van der Waals surface area contributed by atoms with Gasteiger partial charge in [-0.1, -0.05) is 24.3 Å². The van der Waals surface area contributed by atoms with Crippen molar-refractivity contribution < 1.29 is 13.9 Å². The molecule has 0 bridgehead atoms. The number of likely N-dealkylation sites (tertiary alicyclic amines) is 1. The molecule has 1 aromatic carbocycles. The van der Waals surface area contributed by atoms with Gasteiger partial charge in [0.1, 0.15) is 23.2 Å². The average Bonchev–Trinajstić information content (AvgIpc) is 3.22. The fraction of sp³-hybridized carbons (Fsp3) is 0.348. The number of para-hydroxylation sites is 1. The van der Waals surface area contributed by atoms with Gasteiger partial charge < -0.3 is 14.1 Å². The lowest BCUT2D eigenvalue weighted by Crippen LogP contribution is -2.39. The Kier molecular flexibility index (Phi) is 5.60. The second-order valence-electron chi connectivity index (χ2n) is 7.33. The molecule has 1 amide bonds. The van der Waals surface area contributed by atoms with Crippen LogP contribution in [0.5, 0.6) is 5.75 Å². The number of piperidine rings is 1. The summed E-state index contributed by atoms with van der Waals surface area (Å²) in [5.74, 6) is 2.12. The molecule has 0 spiro atoms. The maximum Gasteiger partial charge on any atom is 0.273 e.